The van der Waals surface area contributed by atoms with Gasteiger partial charge in [0.15, 0.2) is 19.8 Å². The van der Waals surface area contributed by atoms with E-state index in [-0.39, 0.29) is 0 Å². The highest BCUT2D eigenvalue weighted by molar-refractivity contribution is 6.69. The Morgan fingerprint density at radius 3 is 2.67 bits per heavy atom. The van der Waals surface area contributed by atoms with Gasteiger partial charge in [0, 0.05) is 0 Å². The van der Waals surface area contributed by atoms with Gasteiger partial charge in [-0.2, -0.15) is 0 Å². The minimum Gasteiger partial charge on any atom is -0.454 e. The Kier molecular flexibility index (Phi) is 2.71. The highest BCUT2D eigenvalue weighted by Crippen LogP contribution is 2.32. The summed E-state index contributed by atoms with van der Waals surface area (Å²) in [6.07, 6.45) is 0. The van der Waals surface area contributed by atoms with Gasteiger partial charge in [-0.05, 0) is 37.3 Å². The molecular weight excluding hydrogens is 208 g/mol. The van der Waals surface area contributed by atoms with E-state index < -0.39 is 8.32 Å². The summed E-state index contributed by atoms with van der Waals surface area (Å²) in [5.41, 5.74) is 1.14. The van der Waals surface area contributed by atoms with Crippen LogP contribution in [0.15, 0.2) is 18.2 Å². The Morgan fingerprint density at radius 1 is 1.20 bits per heavy atom. The summed E-state index contributed by atoms with van der Waals surface area (Å²) in [7, 11) is -1.44. The molecule has 0 radical (unpaired) electrons. The largest absolute Gasteiger partial charge is 0.454 e. The summed E-state index contributed by atoms with van der Waals surface area (Å²) in [4.78, 5) is 0. The minimum absolute atomic E-state index is 0.327. The second-order valence-corrected chi connectivity index (χ2v) is 9.10. The molecular formula is C11H16O3Si. The second-order valence-electron chi connectivity index (χ2n) is 4.59. The molecule has 0 N–H and O–H groups in total. The summed E-state index contributed by atoms with van der Waals surface area (Å²) in [6.45, 7) is 7.53. The Hall–Kier alpha value is -1.00. The predicted octanol–water partition coefficient (Wildman–Crippen LogP) is 2.77. The highest BCUT2D eigenvalue weighted by atomic mass is 28.4. The van der Waals surface area contributed by atoms with Gasteiger partial charge < -0.3 is 13.9 Å². The van der Waals surface area contributed by atoms with E-state index in [2.05, 4.69) is 19.6 Å². The molecule has 0 aromatic heterocycles. The third kappa shape index (κ3) is 2.73. The SMILES string of the molecule is C[Si](C)(C)OCc1ccc2c(c1)OCO2. The van der Waals surface area contributed by atoms with Gasteiger partial charge in [0.2, 0.25) is 6.79 Å². The van der Waals surface area contributed by atoms with Crippen LogP contribution in [0.4, 0.5) is 0 Å². The van der Waals surface area contributed by atoms with Crippen molar-refractivity contribution in [3.8, 4) is 11.5 Å². The fourth-order valence-electron chi connectivity index (χ4n) is 1.33. The molecule has 0 atom stereocenters. The predicted molar refractivity (Wildman–Crippen MR) is 60.7 cm³/mol. The fraction of sp³-hybridized carbons (Fsp3) is 0.455. The molecule has 0 unspecified atom stereocenters. The molecule has 0 saturated carbocycles. The molecule has 15 heavy (non-hydrogen) atoms. The molecule has 1 aliphatic rings. The van der Waals surface area contributed by atoms with E-state index in [1.807, 2.05) is 18.2 Å². The first kappa shape index (κ1) is 10.5. The zero-order valence-electron chi connectivity index (χ0n) is 9.37. The van der Waals surface area contributed by atoms with Crippen LogP contribution in [0.2, 0.25) is 19.6 Å². The number of fused-ring (bicyclic) bond motifs is 1. The lowest BCUT2D eigenvalue weighted by molar-refractivity contribution is 0.174. The molecule has 0 spiro atoms. The van der Waals surface area contributed by atoms with Crippen LogP contribution in [0.5, 0.6) is 11.5 Å². The molecule has 1 heterocycles. The Balaban J connectivity index is 2.04. The van der Waals surface area contributed by atoms with E-state index in [9.17, 15) is 0 Å². The van der Waals surface area contributed by atoms with Gasteiger partial charge in [0.1, 0.15) is 0 Å². The monoisotopic (exact) mass is 224 g/mol. The zero-order chi connectivity index (χ0) is 10.9. The van der Waals surface area contributed by atoms with Crippen LogP contribution < -0.4 is 9.47 Å². The van der Waals surface area contributed by atoms with E-state index in [1.165, 1.54) is 0 Å². The van der Waals surface area contributed by atoms with Gasteiger partial charge in [-0.15, -0.1) is 0 Å². The molecule has 1 aliphatic heterocycles. The molecule has 0 amide bonds. The highest BCUT2D eigenvalue weighted by Gasteiger charge is 2.16. The topological polar surface area (TPSA) is 27.7 Å². The molecule has 3 nitrogen and oxygen atoms in total. The van der Waals surface area contributed by atoms with Crippen molar-refractivity contribution in [2.45, 2.75) is 26.2 Å². The summed E-state index contributed by atoms with van der Waals surface area (Å²) in [5.74, 6) is 1.65. The first-order chi connectivity index (χ1) is 7.04. The maximum Gasteiger partial charge on any atom is 0.231 e. The molecule has 0 bridgehead atoms. The summed E-state index contributed by atoms with van der Waals surface area (Å²) in [6, 6.07) is 5.95. The number of hydrogen-bond acceptors (Lipinski definition) is 3. The standard InChI is InChI=1S/C11H16O3Si/c1-15(2,3)14-7-9-4-5-10-11(6-9)13-8-12-10/h4-6H,7-8H2,1-3H3. The van der Waals surface area contributed by atoms with Crippen molar-refractivity contribution in [3.05, 3.63) is 23.8 Å². The molecule has 1 aromatic rings. The van der Waals surface area contributed by atoms with Crippen molar-refractivity contribution in [2.24, 2.45) is 0 Å². The maximum absolute atomic E-state index is 5.82. The lowest BCUT2D eigenvalue weighted by Gasteiger charge is -2.17. The van der Waals surface area contributed by atoms with Gasteiger partial charge >= 0.3 is 0 Å². The van der Waals surface area contributed by atoms with Crippen LogP contribution in [0, 0.1) is 0 Å². The van der Waals surface area contributed by atoms with Crippen LogP contribution in [0.1, 0.15) is 5.56 Å². The Morgan fingerprint density at radius 2 is 1.93 bits per heavy atom. The first-order valence-corrected chi connectivity index (χ1v) is 8.48. The average Bonchev–Trinajstić information content (AvgIpc) is 2.60. The van der Waals surface area contributed by atoms with E-state index in [0.29, 0.717) is 13.4 Å². The first-order valence-electron chi connectivity index (χ1n) is 5.07. The Labute approximate surface area is 91.1 Å². The lowest BCUT2D eigenvalue weighted by atomic mass is 10.2. The van der Waals surface area contributed by atoms with Gasteiger partial charge in [-0.25, -0.2) is 0 Å². The molecule has 4 heteroatoms. The lowest BCUT2D eigenvalue weighted by Crippen LogP contribution is -2.24. The van der Waals surface area contributed by atoms with Crippen molar-refractivity contribution >= 4 is 8.32 Å². The van der Waals surface area contributed by atoms with Crippen LogP contribution in [-0.4, -0.2) is 15.1 Å². The third-order valence-electron chi connectivity index (χ3n) is 2.11. The van der Waals surface area contributed by atoms with Crippen molar-refractivity contribution < 1.29 is 13.9 Å². The smallest absolute Gasteiger partial charge is 0.231 e. The molecule has 2 rings (SSSR count). The van der Waals surface area contributed by atoms with E-state index in [0.717, 1.165) is 17.1 Å². The fourth-order valence-corrected chi connectivity index (χ4v) is 1.93. The maximum atomic E-state index is 5.82. The molecule has 0 fully saturated rings. The minimum atomic E-state index is -1.44. The van der Waals surface area contributed by atoms with Crippen molar-refractivity contribution in [1.82, 2.24) is 0 Å². The zero-order valence-corrected chi connectivity index (χ0v) is 10.4. The van der Waals surface area contributed by atoms with Crippen LogP contribution in [0.25, 0.3) is 0 Å². The van der Waals surface area contributed by atoms with Crippen molar-refractivity contribution in [1.29, 1.82) is 0 Å². The van der Waals surface area contributed by atoms with Gasteiger partial charge in [-0.1, -0.05) is 6.07 Å². The number of ether oxygens (including phenoxy) is 2. The van der Waals surface area contributed by atoms with Crippen molar-refractivity contribution in [2.75, 3.05) is 6.79 Å². The quantitative estimate of drug-likeness (QED) is 0.739. The van der Waals surface area contributed by atoms with Gasteiger partial charge in [-0.3, -0.25) is 0 Å². The van der Waals surface area contributed by atoms with Crippen LogP contribution in [-0.2, 0) is 11.0 Å². The Bertz CT molecular complexity index is 357. The van der Waals surface area contributed by atoms with Crippen LogP contribution in [0.3, 0.4) is 0 Å². The van der Waals surface area contributed by atoms with E-state index in [1.54, 1.807) is 0 Å². The second kappa shape index (κ2) is 3.87. The number of benzene rings is 1. The molecule has 82 valence electrons. The van der Waals surface area contributed by atoms with Gasteiger partial charge in [0.05, 0.1) is 6.61 Å². The number of rotatable bonds is 3. The molecule has 0 aliphatic carbocycles. The van der Waals surface area contributed by atoms with E-state index >= 15 is 0 Å². The average molecular weight is 224 g/mol. The van der Waals surface area contributed by atoms with E-state index in [4.69, 9.17) is 13.9 Å². The van der Waals surface area contributed by atoms with Crippen LogP contribution >= 0.6 is 0 Å². The third-order valence-corrected chi connectivity index (χ3v) is 3.12. The van der Waals surface area contributed by atoms with Gasteiger partial charge in [0.25, 0.3) is 0 Å². The summed E-state index contributed by atoms with van der Waals surface area (Å²) in [5, 5.41) is 0. The normalized spacial score (nSPS) is 14.3. The summed E-state index contributed by atoms with van der Waals surface area (Å²) < 4.78 is 16.4. The summed E-state index contributed by atoms with van der Waals surface area (Å²) >= 11 is 0. The number of hydrogen-bond donors (Lipinski definition) is 0. The van der Waals surface area contributed by atoms with Crippen molar-refractivity contribution in [3.63, 3.8) is 0 Å². The molecule has 1 aromatic carbocycles. The molecule has 0 saturated heterocycles.